The number of sulfonamides is 1. The minimum atomic E-state index is -3.75. The van der Waals surface area contributed by atoms with Crippen LogP contribution in [0.15, 0.2) is 29.2 Å². The first kappa shape index (κ1) is 20.3. The summed E-state index contributed by atoms with van der Waals surface area (Å²) in [5, 5.41) is 8.72. The lowest BCUT2D eigenvalue weighted by Crippen LogP contribution is -2.48. The van der Waals surface area contributed by atoms with E-state index in [1.54, 1.807) is 0 Å². The van der Waals surface area contributed by atoms with Crippen LogP contribution in [0.5, 0.6) is 0 Å². The van der Waals surface area contributed by atoms with Gasteiger partial charge in [0.2, 0.25) is 10.0 Å². The van der Waals surface area contributed by atoms with E-state index in [2.05, 4.69) is 0 Å². The minimum absolute atomic E-state index is 0.0382. The smallest absolute Gasteiger partial charge is 0.305 e. The third-order valence-corrected chi connectivity index (χ3v) is 5.94. The number of ether oxygens (including phenoxy) is 1. The number of carbonyl (C=O) groups is 2. The van der Waals surface area contributed by atoms with Crippen molar-refractivity contribution in [2.45, 2.75) is 37.4 Å². The molecular formula is C17H24N2O6S. The van der Waals surface area contributed by atoms with Crippen molar-refractivity contribution < 1.29 is 27.9 Å². The van der Waals surface area contributed by atoms with Crippen molar-refractivity contribution in [3.8, 4) is 0 Å². The molecule has 1 N–H and O–H groups in total. The summed E-state index contributed by atoms with van der Waals surface area (Å²) >= 11 is 0. The maximum atomic E-state index is 12.9. The van der Waals surface area contributed by atoms with E-state index in [4.69, 9.17) is 9.84 Å². The third-order valence-electron chi connectivity index (χ3n) is 4.11. The summed E-state index contributed by atoms with van der Waals surface area (Å²) in [6.07, 6.45) is -0.593. The van der Waals surface area contributed by atoms with Crippen LogP contribution in [0.4, 0.5) is 0 Å². The van der Waals surface area contributed by atoms with E-state index in [1.165, 1.54) is 40.5 Å². The number of hydrogen-bond donors (Lipinski definition) is 1. The topological polar surface area (TPSA) is 104 Å². The Balaban J connectivity index is 2.22. The maximum Gasteiger partial charge on any atom is 0.305 e. The highest BCUT2D eigenvalue weighted by Gasteiger charge is 2.32. The molecule has 0 bridgehead atoms. The Labute approximate surface area is 153 Å². The molecule has 26 heavy (non-hydrogen) atoms. The molecule has 8 nitrogen and oxygen atoms in total. The zero-order chi connectivity index (χ0) is 19.5. The minimum Gasteiger partial charge on any atom is -0.481 e. The van der Waals surface area contributed by atoms with Gasteiger partial charge in [0.15, 0.2) is 0 Å². The molecule has 1 aliphatic rings. The Morgan fingerprint density at radius 2 is 1.88 bits per heavy atom. The molecule has 0 radical (unpaired) electrons. The molecule has 1 fully saturated rings. The number of amides is 1. The van der Waals surface area contributed by atoms with Gasteiger partial charge in [0, 0.05) is 32.2 Å². The van der Waals surface area contributed by atoms with Gasteiger partial charge in [0.25, 0.3) is 5.91 Å². The summed E-state index contributed by atoms with van der Waals surface area (Å²) in [5.74, 6) is -1.43. The number of rotatable bonds is 6. The molecule has 1 aromatic carbocycles. The van der Waals surface area contributed by atoms with Crippen LogP contribution in [-0.2, 0) is 19.6 Å². The largest absolute Gasteiger partial charge is 0.481 e. The molecule has 2 atom stereocenters. The lowest BCUT2D eigenvalue weighted by atomic mass is 10.2. The fraction of sp³-hybridized carbons (Fsp3) is 0.529. The molecule has 2 rings (SSSR count). The average molecular weight is 384 g/mol. The summed E-state index contributed by atoms with van der Waals surface area (Å²) in [7, 11) is -2.26. The number of carbonyl (C=O) groups excluding carboxylic acids is 1. The third kappa shape index (κ3) is 4.80. The monoisotopic (exact) mass is 384 g/mol. The molecule has 1 aromatic rings. The molecule has 1 aliphatic heterocycles. The second-order valence-corrected chi connectivity index (χ2v) is 8.42. The van der Waals surface area contributed by atoms with Crippen molar-refractivity contribution in [3.05, 3.63) is 29.8 Å². The Kier molecular flexibility index (Phi) is 6.38. The van der Waals surface area contributed by atoms with Gasteiger partial charge in [-0.2, -0.15) is 4.31 Å². The molecule has 1 saturated heterocycles. The highest BCUT2D eigenvalue weighted by Crippen LogP contribution is 2.22. The van der Waals surface area contributed by atoms with Crippen molar-refractivity contribution >= 4 is 21.9 Å². The second-order valence-electron chi connectivity index (χ2n) is 6.48. The molecule has 0 aliphatic carbocycles. The van der Waals surface area contributed by atoms with Crippen molar-refractivity contribution in [2.24, 2.45) is 0 Å². The van der Waals surface area contributed by atoms with Gasteiger partial charge in [-0.05, 0) is 32.0 Å². The summed E-state index contributed by atoms with van der Waals surface area (Å²) in [5.41, 5.74) is 0.202. The molecule has 0 aromatic heterocycles. The fourth-order valence-corrected chi connectivity index (χ4v) is 4.49. The van der Waals surface area contributed by atoms with Crippen LogP contribution < -0.4 is 0 Å². The van der Waals surface area contributed by atoms with Gasteiger partial charge in [-0.1, -0.05) is 6.07 Å². The van der Waals surface area contributed by atoms with Gasteiger partial charge < -0.3 is 14.7 Å². The molecule has 1 heterocycles. The van der Waals surface area contributed by atoms with Crippen LogP contribution in [0, 0.1) is 0 Å². The number of benzene rings is 1. The highest BCUT2D eigenvalue weighted by atomic mass is 32.2. The van der Waals surface area contributed by atoms with Crippen molar-refractivity contribution in [1.29, 1.82) is 0 Å². The van der Waals surface area contributed by atoms with Crippen LogP contribution in [-0.4, -0.2) is 73.5 Å². The molecule has 9 heteroatoms. The van der Waals surface area contributed by atoms with Gasteiger partial charge in [-0.25, -0.2) is 8.42 Å². The standard InChI is InChI=1S/C17H24N2O6S/c1-12-10-19(11-13(2)25-12)26(23,24)15-6-4-5-14(9-15)17(22)18(3)8-7-16(20)21/h4-6,9,12-13H,7-8,10-11H2,1-3H3,(H,20,21). The maximum absolute atomic E-state index is 12.9. The number of hydrogen-bond acceptors (Lipinski definition) is 5. The predicted octanol–water partition coefficient (Wildman–Crippen LogP) is 1.03. The predicted molar refractivity (Wildman–Crippen MR) is 94.4 cm³/mol. The molecule has 0 saturated carbocycles. The summed E-state index contributed by atoms with van der Waals surface area (Å²) in [4.78, 5) is 24.4. The van der Waals surface area contributed by atoms with E-state index in [0.29, 0.717) is 0 Å². The number of nitrogens with zero attached hydrogens (tertiary/aromatic N) is 2. The molecule has 2 unspecified atom stereocenters. The number of carboxylic acids is 1. The summed E-state index contributed by atoms with van der Waals surface area (Å²) < 4.78 is 32.7. The zero-order valence-electron chi connectivity index (χ0n) is 15.1. The van der Waals surface area contributed by atoms with Crippen LogP contribution in [0.25, 0.3) is 0 Å². The van der Waals surface area contributed by atoms with Gasteiger partial charge in [-0.3, -0.25) is 9.59 Å². The van der Waals surface area contributed by atoms with Gasteiger partial charge in [0.1, 0.15) is 0 Å². The Hall–Kier alpha value is -1.97. The van der Waals surface area contributed by atoms with Crippen molar-refractivity contribution in [2.75, 3.05) is 26.7 Å². The molecule has 1 amide bonds. The Morgan fingerprint density at radius 3 is 2.46 bits per heavy atom. The molecule has 144 valence electrons. The van der Waals surface area contributed by atoms with Gasteiger partial charge in [-0.15, -0.1) is 0 Å². The van der Waals surface area contributed by atoms with E-state index >= 15 is 0 Å². The van der Waals surface area contributed by atoms with Crippen LogP contribution in [0.3, 0.4) is 0 Å². The number of morpholine rings is 1. The number of carboxylic acid groups (broad SMARTS) is 1. The lowest BCUT2D eigenvalue weighted by molar-refractivity contribution is -0.137. The van der Waals surface area contributed by atoms with E-state index in [1.807, 2.05) is 13.8 Å². The zero-order valence-corrected chi connectivity index (χ0v) is 15.9. The van der Waals surface area contributed by atoms with E-state index in [-0.39, 0.29) is 48.7 Å². The first-order chi connectivity index (χ1) is 12.1. The average Bonchev–Trinajstić information content (AvgIpc) is 2.58. The van der Waals surface area contributed by atoms with Crippen molar-refractivity contribution in [3.63, 3.8) is 0 Å². The molecular weight excluding hydrogens is 360 g/mol. The van der Waals surface area contributed by atoms with Crippen LogP contribution in [0.1, 0.15) is 30.6 Å². The Morgan fingerprint density at radius 1 is 1.27 bits per heavy atom. The summed E-state index contributed by atoms with van der Waals surface area (Å²) in [6, 6.07) is 5.82. The summed E-state index contributed by atoms with van der Waals surface area (Å²) in [6.45, 7) is 4.18. The van der Waals surface area contributed by atoms with Crippen molar-refractivity contribution in [1.82, 2.24) is 9.21 Å². The highest BCUT2D eigenvalue weighted by molar-refractivity contribution is 7.89. The number of aliphatic carboxylic acids is 1. The van der Waals surface area contributed by atoms with E-state index in [9.17, 15) is 18.0 Å². The molecule has 0 spiro atoms. The lowest BCUT2D eigenvalue weighted by Gasteiger charge is -2.34. The van der Waals surface area contributed by atoms with E-state index < -0.39 is 21.9 Å². The fourth-order valence-electron chi connectivity index (χ4n) is 2.85. The first-order valence-electron chi connectivity index (χ1n) is 8.34. The van der Waals surface area contributed by atoms with Gasteiger partial charge >= 0.3 is 5.97 Å². The van der Waals surface area contributed by atoms with E-state index in [0.717, 1.165) is 0 Å². The first-order valence-corrected chi connectivity index (χ1v) is 9.78. The second kappa shape index (κ2) is 8.15. The SMILES string of the molecule is CC1CN(S(=O)(=O)c2cccc(C(=O)N(C)CCC(=O)O)c2)CC(C)O1. The van der Waals surface area contributed by atoms with Crippen LogP contribution in [0.2, 0.25) is 0 Å². The quantitative estimate of drug-likeness (QED) is 0.786. The van der Waals surface area contributed by atoms with Gasteiger partial charge in [0.05, 0.1) is 23.5 Å². The Bertz CT molecular complexity index is 769. The van der Waals surface area contributed by atoms with Crippen LogP contribution >= 0.6 is 0 Å². The normalized spacial score (nSPS) is 21.3.